The van der Waals surface area contributed by atoms with Crippen molar-refractivity contribution in [1.82, 2.24) is 0 Å². The summed E-state index contributed by atoms with van der Waals surface area (Å²) in [5.74, 6) is -1.36. The van der Waals surface area contributed by atoms with Crippen LogP contribution >= 0.6 is 0 Å². The highest BCUT2D eigenvalue weighted by Crippen LogP contribution is 2.69. The van der Waals surface area contributed by atoms with Crippen molar-refractivity contribution in [1.29, 1.82) is 0 Å². The van der Waals surface area contributed by atoms with Crippen molar-refractivity contribution in [2.24, 2.45) is 34.5 Å². The van der Waals surface area contributed by atoms with Crippen LogP contribution in [0.4, 0.5) is 0 Å². The maximum atomic E-state index is 13.7. The van der Waals surface area contributed by atoms with Gasteiger partial charge in [0, 0.05) is 29.7 Å². The van der Waals surface area contributed by atoms with E-state index in [1.807, 2.05) is 30.3 Å². The standard InChI is InChI=1S/C42H54NO10/c1-40-13-11-31-32(42(40,49)15-12-30(40)25-16-35(46)50-22-25)9-8-26-17-27(10-14-41(26,31)23-45)51-36(47)20-43(2)33-18-28(19-34(43)38-37(33)53-38)52-39(48)29(21-44)24-6-4-3-5-7-24/h3-7,16,23,26-34,37-38,44,49H,8-15,17-22H2,1-2H3/q+1/t26-,27+,28?,29-,30-,31+,32-,33-,34+,37+,38+,40-,41-,42+,43?/m1/s1. The highest BCUT2D eigenvalue weighted by atomic mass is 16.6. The predicted octanol–water partition coefficient (Wildman–Crippen LogP) is 3.78. The van der Waals surface area contributed by atoms with Crippen molar-refractivity contribution in [2.45, 2.75) is 126 Å². The third-order valence-corrected chi connectivity index (χ3v) is 16.3. The lowest BCUT2D eigenvalue weighted by Gasteiger charge is -2.63. The fourth-order valence-corrected chi connectivity index (χ4v) is 13.5. The summed E-state index contributed by atoms with van der Waals surface area (Å²) in [5, 5.41) is 22.5. The minimum Gasteiger partial charge on any atom is -0.461 e. The highest BCUT2D eigenvalue weighted by Gasteiger charge is 2.73. The first-order chi connectivity index (χ1) is 25.4. The van der Waals surface area contributed by atoms with Crippen LogP contribution < -0.4 is 0 Å². The number of piperidine rings is 1. The molecule has 2 bridgehead atoms. The van der Waals surface area contributed by atoms with Crippen molar-refractivity contribution in [3.63, 3.8) is 0 Å². The molecule has 11 nitrogen and oxygen atoms in total. The number of epoxide rings is 1. The molecule has 1 aromatic rings. The van der Waals surface area contributed by atoms with E-state index in [1.54, 1.807) is 6.08 Å². The molecule has 2 N–H and O–H groups in total. The maximum absolute atomic E-state index is 13.7. The number of carbonyl (C=O) groups is 4. The minimum atomic E-state index is -0.895. The Balaban J connectivity index is 0.830. The van der Waals surface area contributed by atoms with E-state index in [0.717, 1.165) is 43.2 Å². The number of carbonyl (C=O) groups excluding carboxylic acids is 4. The number of nitrogens with zero attached hydrogens (tertiary/aromatic N) is 1. The van der Waals surface area contributed by atoms with Crippen molar-refractivity contribution < 1.29 is 52.8 Å². The van der Waals surface area contributed by atoms with Crippen LogP contribution in [0.3, 0.4) is 0 Å². The van der Waals surface area contributed by atoms with Gasteiger partial charge in [-0.1, -0.05) is 37.3 Å². The summed E-state index contributed by atoms with van der Waals surface area (Å²) < 4.78 is 24.1. The summed E-state index contributed by atoms with van der Waals surface area (Å²) in [6.45, 7) is 2.41. The van der Waals surface area contributed by atoms with Gasteiger partial charge in [0.1, 0.15) is 55.3 Å². The number of benzene rings is 1. The number of morpholine rings is 1. The first-order valence-corrected chi connectivity index (χ1v) is 20.1. The molecule has 7 fully saturated rings. The molecule has 0 amide bonds. The van der Waals surface area contributed by atoms with E-state index in [-0.39, 0.29) is 90.7 Å². The lowest BCUT2D eigenvalue weighted by molar-refractivity contribution is -0.949. The van der Waals surface area contributed by atoms with Crippen LogP contribution in [-0.2, 0) is 38.1 Å². The molecule has 286 valence electrons. The quantitative estimate of drug-likeness (QED) is 0.126. The fourth-order valence-electron chi connectivity index (χ4n) is 13.5. The number of fused-ring (bicyclic) bond motifs is 10. The van der Waals surface area contributed by atoms with E-state index < -0.39 is 22.9 Å². The molecular weight excluding hydrogens is 678 g/mol. The number of aliphatic hydroxyl groups excluding tert-OH is 1. The highest BCUT2D eigenvalue weighted by molar-refractivity contribution is 5.85. The Morgan fingerprint density at radius 3 is 2.40 bits per heavy atom. The van der Waals surface area contributed by atoms with Gasteiger partial charge in [-0.15, -0.1) is 0 Å². The first kappa shape index (κ1) is 35.6. The average molecular weight is 733 g/mol. The van der Waals surface area contributed by atoms with E-state index in [9.17, 15) is 29.4 Å². The number of aldehydes is 1. The number of aliphatic hydroxyl groups is 2. The Morgan fingerprint density at radius 2 is 1.72 bits per heavy atom. The van der Waals surface area contributed by atoms with E-state index in [1.165, 1.54) is 6.29 Å². The molecule has 3 saturated heterocycles. The fraction of sp³-hybridized carbons (Fsp3) is 0.714. The van der Waals surface area contributed by atoms with Gasteiger partial charge in [-0.3, -0.25) is 4.79 Å². The smallest absolute Gasteiger partial charge is 0.362 e. The number of cyclic esters (lactones) is 1. The van der Waals surface area contributed by atoms with E-state index >= 15 is 0 Å². The topological polar surface area (TPSA) is 149 Å². The van der Waals surface area contributed by atoms with Crippen molar-refractivity contribution in [2.75, 3.05) is 26.8 Å². The molecule has 0 aromatic heterocycles. The lowest BCUT2D eigenvalue weighted by Crippen LogP contribution is -2.64. The molecule has 2 unspecified atom stereocenters. The van der Waals surface area contributed by atoms with Crippen molar-refractivity contribution in [3.05, 3.63) is 47.5 Å². The number of likely N-dealkylation sites (N-methyl/N-ethyl adjacent to an activating group) is 1. The van der Waals surface area contributed by atoms with Gasteiger partial charge in [-0.05, 0) is 92.6 Å². The summed E-state index contributed by atoms with van der Waals surface area (Å²) >= 11 is 0. The van der Waals surface area contributed by atoms with Crippen LogP contribution in [0, 0.1) is 34.5 Å². The van der Waals surface area contributed by atoms with Gasteiger partial charge in [0.25, 0.3) is 0 Å². The Labute approximate surface area is 310 Å². The number of ether oxygens (including phenoxy) is 4. The van der Waals surface area contributed by atoms with E-state index in [4.69, 9.17) is 18.9 Å². The zero-order valence-corrected chi connectivity index (χ0v) is 30.9. The second-order valence-corrected chi connectivity index (χ2v) is 18.3. The van der Waals surface area contributed by atoms with Gasteiger partial charge in [0.15, 0.2) is 6.54 Å². The van der Waals surface area contributed by atoms with Gasteiger partial charge in [0.05, 0.1) is 19.3 Å². The molecular formula is C42H54NO10+. The van der Waals surface area contributed by atoms with Crippen LogP contribution in [0.2, 0.25) is 0 Å². The molecule has 8 aliphatic rings. The zero-order valence-electron chi connectivity index (χ0n) is 30.9. The summed E-state index contributed by atoms with van der Waals surface area (Å²) in [4.78, 5) is 52.0. The molecule has 4 aliphatic heterocycles. The second-order valence-electron chi connectivity index (χ2n) is 18.3. The van der Waals surface area contributed by atoms with Gasteiger partial charge in [-0.2, -0.15) is 0 Å². The average Bonchev–Trinajstić information content (AvgIpc) is 3.69. The molecule has 1 aromatic carbocycles. The minimum absolute atomic E-state index is 0.00805. The Bertz CT molecular complexity index is 1680. The van der Waals surface area contributed by atoms with E-state index in [0.29, 0.717) is 49.6 Å². The number of esters is 3. The maximum Gasteiger partial charge on any atom is 0.362 e. The third-order valence-electron chi connectivity index (χ3n) is 16.3. The monoisotopic (exact) mass is 732 g/mol. The summed E-state index contributed by atoms with van der Waals surface area (Å²) in [6.07, 6.45) is 10.3. The third kappa shape index (κ3) is 5.34. The summed E-state index contributed by atoms with van der Waals surface area (Å²) in [6, 6.07) is 9.21. The molecule has 0 spiro atoms. The predicted molar refractivity (Wildman–Crippen MR) is 189 cm³/mol. The number of quaternary nitrogens is 1. The van der Waals surface area contributed by atoms with Crippen LogP contribution in [0.15, 0.2) is 42.0 Å². The molecule has 53 heavy (non-hydrogen) atoms. The molecule has 11 heteroatoms. The molecule has 9 rings (SSSR count). The van der Waals surface area contributed by atoms with Gasteiger partial charge in [-0.25, -0.2) is 9.59 Å². The van der Waals surface area contributed by atoms with Crippen LogP contribution in [-0.4, -0.2) is 108 Å². The molecule has 4 saturated carbocycles. The van der Waals surface area contributed by atoms with Crippen molar-refractivity contribution in [3.8, 4) is 0 Å². The van der Waals surface area contributed by atoms with Crippen LogP contribution in [0.1, 0.15) is 89.0 Å². The van der Waals surface area contributed by atoms with Gasteiger partial charge >= 0.3 is 17.9 Å². The number of hydrogen-bond donors (Lipinski definition) is 2. The molecule has 0 radical (unpaired) electrons. The normalized spacial score (nSPS) is 46.8. The Morgan fingerprint density at radius 1 is 0.962 bits per heavy atom. The van der Waals surface area contributed by atoms with Crippen LogP contribution in [0.25, 0.3) is 0 Å². The zero-order chi connectivity index (χ0) is 36.9. The SMILES string of the molecule is C[C@]12CC[C@H]3[C@@H](CC[C@@H]4C[C@@H](OC(=O)C[N+]5(C)[C@@H]6CC(OC(=O)[C@H](CO)c7ccccc7)C[C@H]5[C@@H]5O[C@H]56)CC[C@@]43C=O)[C@@]1(O)CC[C@@H]2C1=CC(=O)OC1. The molecule has 4 aliphatic carbocycles. The number of hydrogen-bond acceptors (Lipinski definition) is 10. The molecule has 15 atom stereocenters. The Kier molecular flexibility index (Phi) is 8.53. The molecule has 4 heterocycles. The van der Waals surface area contributed by atoms with E-state index in [2.05, 4.69) is 14.0 Å². The summed E-state index contributed by atoms with van der Waals surface area (Å²) in [7, 11) is 2.10. The van der Waals surface area contributed by atoms with Gasteiger partial charge < -0.3 is 38.4 Å². The van der Waals surface area contributed by atoms with Crippen molar-refractivity contribution >= 4 is 24.2 Å². The second kappa shape index (κ2) is 12.7. The first-order valence-electron chi connectivity index (χ1n) is 20.1. The summed E-state index contributed by atoms with van der Waals surface area (Å²) in [5.41, 5.74) is -0.0540. The lowest BCUT2D eigenvalue weighted by atomic mass is 9.43. The number of rotatable bonds is 9. The van der Waals surface area contributed by atoms with Crippen LogP contribution in [0.5, 0.6) is 0 Å². The van der Waals surface area contributed by atoms with Gasteiger partial charge in [0.2, 0.25) is 0 Å². The Hall–Kier alpha value is -3.12. The largest absolute Gasteiger partial charge is 0.461 e.